The standard InChI is InChI=1S/C17H14N4O4S2/c1-2-18-14-10-6-3-4-8-12(10)25-17(22)16(14)21-27(23,24)13-9-5-7-11-15(13)20-26-19-11/h3-9,18,21H,2H2,1H3. The monoisotopic (exact) mass is 402 g/mol. The number of rotatable bonds is 5. The Morgan fingerprint density at radius 3 is 2.70 bits per heavy atom. The molecular formula is C17H14N4O4S2. The van der Waals surface area contributed by atoms with Crippen molar-refractivity contribution in [3.05, 3.63) is 52.9 Å². The summed E-state index contributed by atoms with van der Waals surface area (Å²) in [5, 5.41) is 3.66. The van der Waals surface area contributed by atoms with Gasteiger partial charge in [-0.05, 0) is 31.2 Å². The molecule has 0 unspecified atom stereocenters. The number of fused-ring (bicyclic) bond motifs is 2. The second kappa shape index (κ2) is 6.63. The third-order valence-corrected chi connectivity index (χ3v) is 5.87. The summed E-state index contributed by atoms with van der Waals surface area (Å²) < 4.78 is 41.7. The number of nitrogens with one attached hydrogen (secondary N) is 2. The molecule has 0 aliphatic heterocycles. The van der Waals surface area contributed by atoms with Gasteiger partial charge in [-0.1, -0.05) is 18.2 Å². The van der Waals surface area contributed by atoms with Crippen LogP contribution in [0.5, 0.6) is 0 Å². The largest absolute Gasteiger partial charge is 0.421 e. The zero-order valence-corrected chi connectivity index (χ0v) is 15.7. The molecule has 0 aliphatic rings. The molecule has 27 heavy (non-hydrogen) atoms. The van der Waals surface area contributed by atoms with E-state index in [0.717, 1.165) is 11.7 Å². The van der Waals surface area contributed by atoms with Gasteiger partial charge in [-0.25, -0.2) is 13.2 Å². The summed E-state index contributed by atoms with van der Waals surface area (Å²) in [4.78, 5) is 12.4. The number of aromatic nitrogens is 2. The van der Waals surface area contributed by atoms with Crippen molar-refractivity contribution in [3.8, 4) is 0 Å². The fraction of sp³-hybridized carbons (Fsp3) is 0.118. The minimum Gasteiger partial charge on any atom is -0.421 e. The Hall–Kier alpha value is -2.98. The second-order valence-electron chi connectivity index (χ2n) is 5.66. The van der Waals surface area contributed by atoms with E-state index >= 15 is 0 Å². The first-order valence-corrected chi connectivity index (χ1v) is 10.3. The van der Waals surface area contributed by atoms with Crippen LogP contribution in [0.15, 0.2) is 56.6 Å². The van der Waals surface area contributed by atoms with E-state index in [1.807, 2.05) is 6.92 Å². The number of para-hydroxylation sites is 1. The summed E-state index contributed by atoms with van der Waals surface area (Å²) in [6.07, 6.45) is 0. The normalized spacial score (nSPS) is 11.7. The van der Waals surface area contributed by atoms with Crippen molar-refractivity contribution >= 4 is 55.1 Å². The van der Waals surface area contributed by atoms with Crippen LogP contribution in [0, 0.1) is 0 Å². The molecule has 138 valence electrons. The van der Waals surface area contributed by atoms with Gasteiger partial charge in [0.25, 0.3) is 10.0 Å². The number of hydrogen-bond acceptors (Lipinski definition) is 8. The van der Waals surface area contributed by atoms with Gasteiger partial charge < -0.3 is 9.73 Å². The molecule has 4 aromatic rings. The third-order valence-electron chi connectivity index (χ3n) is 3.94. The van der Waals surface area contributed by atoms with Crippen LogP contribution >= 0.6 is 11.7 Å². The van der Waals surface area contributed by atoms with E-state index in [4.69, 9.17) is 4.42 Å². The zero-order valence-electron chi connectivity index (χ0n) is 14.1. The lowest BCUT2D eigenvalue weighted by molar-refractivity contribution is 0.563. The maximum atomic E-state index is 13.0. The molecule has 2 aromatic heterocycles. The van der Waals surface area contributed by atoms with Gasteiger partial charge in [0.2, 0.25) is 0 Å². The van der Waals surface area contributed by atoms with Crippen molar-refractivity contribution in [2.75, 3.05) is 16.6 Å². The third kappa shape index (κ3) is 3.02. The molecule has 0 fully saturated rings. The molecule has 0 amide bonds. The first-order chi connectivity index (χ1) is 13.0. The molecular weight excluding hydrogens is 388 g/mol. The quantitative estimate of drug-likeness (QED) is 0.493. The fourth-order valence-corrected chi connectivity index (χ4v) is 4.62. The van der Waals surface area contributed by atoms with Gasteiger partial charge in [-0.2, -0.15) is 8.75 Å². The molecule has 0 atom stereocenters. The molecule has 2 heterocycles. The average Bonchev–Trinajstić information content (AvgIpc) is 3.13. The van der Waals surface area contributed by atoms with Gasteiger partial charge in [-0.3, -0.25) is 4.72 Å². The van der Waals surface area contributed by atoms with E-state index in [1.165, 1.54) is 6.07 Å². The highest BCUT2D eigenvalue weighted by molar-refractivity contribution is 7.93. The molecule has 0 saturated heterocycles. The number of anilines is 2. The lowest BCUT2D eigenvalue weighted by Gasteiger charge is -2.14. The van der Waals surface area contributed by atoms with Crippen LogP contribution in [0.25, 0.3) is 22.0 Å². The van der Waals surface area contributed by atoms with Crippen LogP contribution in [0.4, 0.5) is 11.4 Å². The molecule has 0 bridgehead atoms. The van der Waals surface area contributed by atoms with Crippen LogP contribution in [0.2, 0.25) is 0 Å². The lowest BCUT2D eigenvalue weighted by atomic mass is 10.2. The molecule has 0 spiro atoms. The predicted octanol–water partition coefficient (Wildman–Crippen LogP) is 3.03. The summed E-state index contributed by atoms with van der Waals surface area (Å²) in [6, 6.07) is 11.6. The SMILES string of the molecule is CCNc1c(NS(=O)(=O)c2cccc3nsnc23)c(=O)oc2ccccc12. The summed E-state index contributed by atoms with van der Waals surface area (Å²) in [5.74, 6) is 0. The summed E-state index contributed by atoms with van der Waals surface area (Å²) in [7, 11) is -4.09. The van der Waals surface area contributed by atoms with Gasteiger partial charge >= 0.3 is 5.63 Å². The minimum absolute atomic E-state index is 0.0521. The molecule has 0 radical (unpaired) electrons. The Bertz CT molecular complexity index is 1310. The van der Waals surface area contributed by atoms with Crippen molar-refractivity contribution in [1.82, 2.24) is 8.75 Å². The highest BCUT2D eigenvalue weighted by Gasteiger charge is 2.24. The highest BCUT2D eigenvalue weighted by atomic mass is 32.2. The molecule has 2 N–H and O–H groups in total. The van der Waals surface area contributed by atoms with Crippen LogP contribution in [-0.4, -0.2) is 23.7 Å². The summed E-state index contributed by atoms with van der Waals surface area (Å²) in [5.41, 5.74) is 0.516. The van der Waals surface area contributed by atoms with E-state index in [1.54, 1.807) is 36.4 Å². The molecule has 2 aromatic carbocycles. The molecule has 8 nitrogen and oxygen atoms in total. The van der Waals surface area contributed by atoms with Gasteiger partial charge in [0.15, 0.2) is 5.69 Å². The van der Waals surface area contributed by atoms with Gasteiger partial charge in [-0.15, -0.1) is 0 Å². The van der Waals surface area contributed by atoms with Crippen molar-refractivity contribution in [1.29, 1.82) is 0 Å². The molecule has 10 heteroatoms. The van der Waals surface area contributed by atoms with Gasteiger partial charge in [0.05, 0.1) is 17.4 Å². The van der Waals surface area contributed by atoms with Crippen LogP contribution in [0.1, 0.15) is 6.92 Å². The van der Waals surface area contributed by atoms with Crippen molar-refractivity contribution in [2.45, 2.75) is 11.8 Å². The van der Waals surface area contributed by atoms with Gasteiger partial charge in [0.1, 0.15) is 21.5 Å². The predicted molar refractivity (Wildman–Crippen MR) is 105 cm³/mol. The van der Waals surface area contributed by atoms with Crippen LogP contribution in [-0.2, 0) is 10.0 Å². The van der Waals surface area contributed by atoms with E-state index < -0.39 is 15.6 Å². The lowest BCUT2D eigenvalue weighted by Crippen LogP contribution is -2.21. The second-order valence-corrected chi connectivity index (χ2v) is 7.84. The van der Waals surface area contributed by atoms with Crippen molar-refractivity contribution in [3.63, 3.8) is 0 Å². The fourth-order valence-electron chi connectivity index (χ4n) is 2.79. The summed E-state index contributed by atoms with van der Waals surface area (Å²) in [6.45, 7) is 2.34. The Balaban J connectivity index is 1.90. The van der Waals surface area contributed by atoms with E-state index in [0.29, 0.717) is 28.7 Å². The maximum Gasteiger partial charge on any atom is 0.363 e. The Labute approximate surface area is 158 Å². The molecule has 4 rings (SSSR count). The van der Waals surface area contributed by atoms with E-state index in [-0.39, 0.29) is 16.1 Å². The van der Waals surface area contributed by atoms with Crippen molar-refractivity contribution < 1.29 is 12.8 Å². The first kappa shape index (κ1) is 17.4. The Kier molecular flexibility index (Phi) is 4.28. The van der Waals surface area contributed by atoms with Crippen LogP contribution in [0.3, 0.4) is 0 Å². The van der Waals surface area contributed by atoms with E-state index in [9.17, 15) is 13.2 Å². The topological polar surface area (TPSA) is 114 Å². The maximum absolute atomic E-state index is 13.0. The smallest absolute Gasteiger partial charge is 0.363 e. The number of hydrogen-bond donors (Lipinski definition) is 2. The zero-order chi connectivity index (χ0) is 19.0. The highest BCUT2D eigenvalue weighted by Crippen LogP contribution is 2.31. The van der Waals surface area contributed by atoms with E-state index in [2.05, 4.69) is 18.8 Å². The summed E-state index contributed by atoms with van der Waals surface area (Å²) >= 11 is 0.921. The Morgan fingerprint density at radius 1 is 1.07 bits per heavy atom. The number of nitrogens with zero attached hydrogens (tertiary/aromatic N) is 2. The minimum atomic E-state index is -4.09. The average molecular weight is 402 g/mol. The van der Waals surface area contributed by atoms with Crippen LogP contribution < -0.4 is 15.7 Å². The Morgan fingerprint density at radius 2 is 1.89 bits per heavy atom. The van der Waals surface area contributed by atoms with Gasteiger partial charge in [0, 0.05) is 11.9 Å². The number of sulfonamides is 1. The molecule has 0 saturated carbocycles. The molecule has 0 aliphatic carbocycles. The first-order valence-electron chi connectivity index (χ1n) is 8.05. The number of benzene rings is 2. The van der Waals surface area contributed by atoms with Crippen molar-refractivity contribution in [2.24, 2.45) is 0 Å².